The molecule has 0 bridgehead atoms. The molecule has 0 aliphatic carbocycles. The zero-order chi connectivity index (χ0) is 14.9. The van der Waals surface area contributed by atoms with Crippen molar-refractivity contribution < 1.29 is 9.53 Å². The number of hydrogen-bond donors (Lipinski definition) is 2. The van der Waals surface area contributed by atoms with Crippen LogP contribution in [0.3, 0.4) is 0 Å². The number of amides is 2. The fourth-order valence-corrected chi connectivity index (χ4v) is 1.41. The second kappa shape index (κ2) is 8.41. The van der Waals surface area contributed by atoms with Crippen molar-refractivity contribution >= 4 is 6.03 Å². The van der Waals surface area contributed by atoms with Crippen molar-refractivity contribution in [3.05, 3.63) is 0 Å². The van der Waals surface area contributed by atoms with E-state index in [0.717, 1.165) is 26.1 Å². The third kappa shape index (κ3) is 12.0. The summed E-state index contributed by atoms with van der Waals surface area (Å²) < 4.78 is 5.49. The van der Waals surface area contributed by atoms with Crippen LogP contribution in [-0.2, 0) is 4.74 Å². The van der Waals surface area contributed by atoms with Crippen LogP contribution in [0.5, 0.6) is 0 Å². The number of carbonyl (C=O) groups excluding carboxylic acids is 1. The quantitative estimate of drug-likeness (QED) is 0.667. The fourth-order valence-electron chi connectivity index (χ4n) is 1.41. The van der Waals surface area contributed by atoms with Gasteiger partial charge in [-0.3, -0.25) is 0 Å². The van der Waals surface area contributed by atoms with Gasteiger partial charge in [-0.05, 0) is 23.7 Å². The first kappa shape index (κ1) is 18.2. The van der Waals surface area contributed by atoms with Gasteiger partial charge in [0.25, 0.3) is 0 Å². The summed E-state index contributed by atoms with van der Waals surface area (Å²) in [5.41, 5.74) is 0.174. The van der Waals surface area contributed by atoms with Crippen LogP contribution in [0.1, 0.15) is 54.4 Å². The van der Waals surface area contributed by atoms with Crippen molar-refractivity contribution in [2.24, 2.45) is 10.8 Å². The molecule has 0 rings (SSSR count). The molecule has 2 N–H and O–H groups in total. The maximum atomic E-state index is 11.7. The minimum absolute atomic E-state index is 0.0623. The van der Waals surface area contributed by atoms with E-state index < -0.39 is 0 Å². The van der Waals surface area contributed by atoms with E-state index in [1.165, 1.54) is 0 Å². The maximum Gasteiger partial charge on any atom is 0.314 e. The second-order valence-electron chi connectivity index (χ2n) is 7.12. The molecule has 0 aromatic rings. The Hall–Kier alpha value is -0.770. The first-order valence-corrected chi connectivity index (χ1v) is 7.26. The Morgan fingerprint density at radius 2 is 1.58 bits per heavy atom. The predicted octanol–water partition coefficient (Wildman–Crippen LogP) is 3.17. The molecule has 0 radical (unpaired) electrons. The molecule has 4 heteroatoms. The van der Waals surface area contributed by atoms with E-state index in [-0.39, 0.29) is 16.9 Å². The Kier molecular flexibility index (Phi) is 8.07. The van der Waals surface area contributed by atoms with Crippen molar-refractivity contribution in [3.8, 4) is 0 Å². The highest BCUT2D eigenvalue weighted by molar-refractivity contribution is 5.73. The first-order valence-electron chi connectivity index (χ1n) is 7.26. The van der Waals surface area contributed by atoms with Crippen LogP contribution in [0.15, 0.2) is 0 Å². The van der Waals surface area contributed by atoms with Crippen LogP contribution in [0, 0.1) is 10.8 Å². The van der Waals surface area contributed by atoms with Crippen LogP contribution in [-0.4, -0.2) is 32.3 Å². The van der Waals surface area contributed by atoms with Gasteiger partial charge in [-0.25, -0.2) is 4.79 Å². The third-order valence-electron chi connectivity index (χ3n) is 2.78. The number of hydrogen-bond acceptors (Lipinski definition) is 2. The lowest BCUT2D eigenvalue weighted by Gasteiger charge is -2.25. The van der Waals surface area contributed by atoms with Crippen LogP contribution in [0.25, 0.3) is 0 Å². The molecule has 0 aromatic heterocycles. The number of carbonyl (C=O) groups is 1. The molecule has 0 fully saturated rings. The summed E-state index contributed by atoms with van der Waals surface area (Å²) in [6.45, 7) is 15.6. The van der Waals surface area contributed by atoms with E-state index in [2.05, 4.69) is 52.2 Å². The Bertz CT molecular complexity index is 257. The van der Waals surface area contributed by atoms with E-state index in [1.54, 1.807) is 0 Å². The highest BCUT2D eigenvalue weighted by Crippen LogP contribution is 2.18. The van der Waals surface area contributed by atoms with Gasteiger partial charge in [-0.2, -0.15) is 0 Å². The number of ether oxygens (including phenoxy) is 1. The average Bonchev–Trinajstić information content (AvgIpc) is 2.29. The van der Waals surface area contributed by atoms with E-state index in [9.17, 15) is 4.79 Å². The van der Waals surface area contributed by atoms with Crippen molar-refractivity contribution in [1.82, 2.24) is 10.6 Å². The molecular weight excluding hydrogens is 240 g/mol. The topological polar surface area (TPSA) is 50.4 Å². The standard InChI is InChI=1S/C15H32N2O2/c1-7-9-19-10-8-15(5,6)12-17-13(18)16-11-14(2,3)4/h7-12H2,1-6H3,(H2,16,17,18). The van der Waals surface area contributed by atoms with E-state index >= 15 is 0 Å². The summed E-state index contributed by atoms with van der Waals surface area (Å²) in [4.78, 5) is 11.7. The largest absolute Gasteiger partial charge is 0.381 e. The minimum Gasteiger partial charge on any atom is -0.381 e. The summed E-state index contributed by atoms with van der Waals surface area (Å²) in [5, 5.41) is 5.82. The molecule has 114 valence electrons. The molecule has 0 unspecified atom stereocenters. The molecule has 0 aliphatic rings. The minimum atomic E-state index is -0.0857. The Labute approximate surface area is 118 Å². The third-order valence-corrected chi connectivity index (χ3v) is 2.78. The number of nitrogens with one attached hydrogen (secondary N) is 2. The lowest BCUT2D eigenvalue weighted by molar-refractivity contribution is 0.104. The van der Waals surface area contributed by atoms with E-state index in [0.29, 0.717) is 13.1 Å². The fraction of sp³-hybridized carbons (Fsp3) is 0.933. The SMILES string of the molecule is CCCOCCC(C)(C)CNC(=O)NCC(C)(C)C. The molecule has 2 amide bonds. The lowest BCUT2D eigenvalue weighted by Crippen LogP contribution is -2.43. The molecular formula is C15H32N2O2. The molecule has 0 atom stereocenters. The van der Waals surface area contributed by atoms with E-state index in [4.69, 9.17) is 4.74 Å². The van der Waals surface area contributed by atoms with Crippen molar-refractivity contribution in [2.75, 3.05) is 26.3 Å². The van der Waals surface area contributed by atoms with Gasteiger partial charge in [0.05, 0.1) is 0 Å². The molecule has 0 spiro atoms. The lowest BCUT2D eigenvalue weighted by atomic mass is 9.90. The molecule has 0 saturated carbocycles. The van der Waals surface area contributed by atoms with Gasteiger partial charge < -0.3 is 15.4 Å². The number of rotatable bonds is 8. The normalized spacial score (nSPS) is 12.3. The summed E-state index contributed by atoms with van der Waals surface area (Å²) in [5.74, 6) is 0. The van der Waals surface area contributed by atoms with Gasteiger partial charge in [0, 0.05) is 26.3 Å². The van der Waals surface area contributed by atoms with Gasteiger partial charge >= 0.3 is 6.03 Å². The van der Waals surface area contributed by atoms with Gasteiger partial charge in [-0.1, -0.05) is 41.5 Å². The van der Waals surface area contributed by atoms with Crippen molar-refractivity contribution in [1.29, 1.82) is 0 Å². The van der Waals surface area contributed by atoms with Gasteiger partial charge in [0.1, 0.15) is 0 Å². The molecule has 4 nitrogen and oxygen atoms in total. The summed E-state index contributed by atoms with van der Waals surface area (Å²) >= 11 is 0. The van der Waals surface area contributed by atoms with Crippen molar-refractivity contribution in [2.45, 2.75) is 54.4 Å². The van der Waals surface area contributed by atoms with Crippen LogP contribution >= 0.6 is 0 Å². The first-order chi connectivity index (χ1) is 8.66. The Balaban J connectivity index is 3.80. The molecule has 0 aliphatic heterocycles. The summed E-state index contributed by atoms with van der Waals surface area (Å²) in [7, 11) is 0. The van der Waals surface area contributed by atoms with Crippen LogP contribution < -0.4 is 10.6 Å². The second-order valence-corrected chi connectivity index (χ2v) is 7.12. The zero-order valence-electron chi connectivity index (χ0n) is 13.6. The van der Waals surface area contributed by atoms with Crippen molar-refractivity contribution in [3.63, 3.8) is 0 Å². The Morgan fingerprint density at radius 3 is 2.11 bits per heavy atom. The maximum absolute atomic E-state index is 11.7. The Morgan fingerprint density at radius 1 is 1.00 bits per heavy atom. The molecule has 0 heterocycles. The molecule has 0 aromatic carbocycles. The van der Waals surface area contributed by atoms with Gasteiger partial charge in [0.15, 0.2) is 0 Å². The van der Waals surface area contributed by atoms with Crippen LogP contribution in [0.2, 0.25) is 0 Å². The number of urea groups is 1. The summed E-state index contributed by atoms with van der Waals surface area (Å²) in [6, 6.07) is -0.0857. The van der Waals surface area contributed by atoms with Gasteiger partial charge in [0.2, 0.25) is 0 Å². The monoisotopic (exact) mass is 272 g/mol. The van der Waals surface area contributed by atoms with E-state index in [1.807, 2.05) is 0 Å². The highest BCUT2D eigenvalue weighted by Gasteiger charge is 2.19. The highest BCUT2D eigenvalue weighted by atomic mass is 16.5. The predicted molar refractivity (Wildman–Crippen MR) is 80.4 cm³/mol. The summed E-state index contributed by atoms with van der Waals surface area (Å²) in [6.07, 6.45) is 2.00. The average molecular weight is 272 g/mol. The zero-order valence-corrected chi connectivity index (χ0v) is 13.6. The van der Waals surface area contributed by atoms with Gasteiger partial charge in [-0.15, -0.1) is 0 Å². The molecule has 0 saturated heterocycles. The molecule has 19 heavy (non-hydrogen) atoms. The van der Waals surface area contributed by atoms with Crippen LogP contribution in [0.4, 0.5) is 4.79 Å². The smallest absolute Gasteiger partial charge is 0.314 e.